The predicted molar refractivity (Wildman–Crippen MR) is 104 cm³/mol. The fourth-order valence-electron chi connectivity index (χ4n) is 3.04. The predicted octanol–water partition coefficient (Wildman–Crippen LogP) is 3.73. The molecule has 3 heterocycles. The first-order valence-electron chi connectivity index (χ1n) is 8.80. The number of hydrogen-bond acceptors (Lipinski definition) is 6. The highest BCUT2D eigenvalue weighted by Gasteiger charge is 2.34. The molecule has 0 radical (unpaired) electrons. The summed E-state index contributed by atoms with van der Waals surface area (Å²) >= 11 is 1.31. The van der Waals surface area contributed by atoms with Crippen LogP contribution in [0.2, 0.25) is 0 Å². The number of thiazole rings is 1. The highest BCUT2D eigenvalue weighted by molar-refractivity contribution is 7.14. The number of amides is 3. The van der Waals surface area contributed by atoms with Gasteiger partial charge in [0.1, 0.15) is 11.5 Å². The monoisotopic (exact) mass is 395 g/mol. The molecule has 4 rings (SSSR count). The number of aryl methyl sites for hydroxylation is 1. The van der Waals surface area contributed by atoms with E-state index in [-0.39, 0.29) is 30.7 Å². The van der Waals surface area contributed by atoms with Crippen LogP contribution >= 0.6 is 11.3 Å². The Balaban J connectivity index is 1.29. The molecule has 7 nitrogen and oxygen atoms in total. The Hall–Kier alpha value is -3.26. The molecule has 2 aromatic heterocycles. The molecule has 0 unspecified atom stereocenters. The fourth-order valence-corrected chi connectivity index (χ4v) is 3.75. The van der Waals surface area contributed by atoms with Crippen molar-refractivity contribution in [2.45, 2.75) is 19.8 Å². The zero-order chi connectivity index (χ0) is 19.7. The van der Waals surface area contributed by atoms with Gasteiger partial charge in [0.25, 0.3) is 11.8 Å². The van der Waals surface area contributed by atoms with Gasteiger partial charge in [-0.05, 0) is 37.6 Å². The number of fused-ring (bicyclic) bond motifs is 1. The van der Waals surface area contributed by atoms with Crippen molar-refractivity contribution in [2.75, 3.05) is 11.9 Å². The van der Waals surface area contributed by atoms with Crippen LogP contribution in [-0.4, -0.2) is 34.2 Å². The number of furan rings is 1. The Labute approximate surface area is 165 Å². The molecule has 0 fully saturated rings. The lowest BCUT2D eigenvalue weighted by Gasteiger charge is -2.13. The van der Waals surface area contributed by atoms with E-state index in [1.54, 1.807) is 24.3 Å². The molecule has 0 spiro atoms. The van der Waals surface area contributed by atoms with Crippen molar-refractivity contribution < 1.29 is 18.8 Å². The van der Waals surface area contributed by atoms with E-state index in [0.29, 0.717) is 34.1 Å². The maximum absolute atomic E-state index is 12.3. The number of aromatic nitrogens is 1. The quantitative estimate of drug-likeness (QED) is 0.642. The lowest BCUT2D eigenvalue weighted by molar-refractivity contribution is -0.116. The lowest BCUT2D eigenvalue weighted by atomic mass is 10.1. The molecular formula is C20H17N3O4S. The van der Waals surface area contributed by atoms with Crippen LogP contribution < -0.4 is 5.32 Å². The minimum absolute atomic E-state index is 0.183. The van der Waals surface area contributed by atoms with Gasteiger partial charge in [-0.1, -0.05) is 12.1 Å². The molecule has 0 bridgehead atoms. The molecule has 0 saturated carbocycles. The number of rotatable bonds is 6. The van der Waals surface area contributed by atoms with Crippen LogP contribution in [0.5, 0.6) is 0 Å². The largest absolute Gasteiger partial charge is 0.460 e. The topological polar surface area (TPSA) is 92.5 Å². The van der Waals surface area contributed by atoms with Crippen LogP contribution in [0.3, 0.4) is 0 Å². The second-order valence-electron chi connectivity index (χ2n) is 6.41. The minimum Gasteiger partial charge on any atom is -0.460 e. The first-order valence-corrected chi connectivity index (χ1v) is 9.68. The molecule has 1 aliphatic heterocycles. The maximum Gasteiger partial charge on any atom is 0.261 e. The van der Waals surface area contributed by atoms with Crippen molar-refractivity contribution in [3.63, 3.8) is 0 Å². The summed E-state index contributed by atoms with van der Waals surface area (Å²) in [4.78, 5) is 42.3. The molecule has 3 aromatic rings. The summed E-state index contributed by atoms with van der Waals surface area (Å²) in [6.07, 6.45) is 0.565. The van der Waals surface area contributed by atoms with Crippen LogP contribution in [0, 0.1) is 6.92 Å². The van der Waals surface area contributed by atoms with Crippen LogP contribution in [-0.2, 0) is 4.79 Å². The number of benzene rings is 1. The zero-order valence-corrected chi connectivity index (χ0v) is 15.9. The molecule has 3 amide bonds. The third-order valence-electron chi connectivity index (χ3n) is 4.41. The first kappa shape index (κ1) is 18.1. The number of carbonyl (C=O) groups is 3. The SMILES string of the molecule is Cc1ccc(-c2csc(NC(=O)CCCN3C(=O)c4ccccc4C3=O)n2)o1. The average molecular weight is 395 g/mol. The second kappa shape index (κ2) is 7.40. The van der Waals surface area contributed by atoms with Crippen molar-refractivity contribution >= 4 is 34.2 Å². The third kappa shape index (κ3) is 3.46. The molecule has 0 saturated heterocycles. The van der Waals surface area contributed by atoms with E-state index in [9.17, 15) is 14.4 Å². The van der Waals surface area contributed by atoms with Gasteiger partial charge in [0.05, 0.1) is 11.1 Å². The van der Waals surface area contributed by atoms with Crippen molar-refractivity contribution in [1.82, 2.24) is 9.88 Å². The summed E-state index contributed by atoms with van der Waals surface area (Å²) < 4.78 is 5.52. The summed E-state index contributed by atoms with van der Waals surface area (Å²) in [5.74, 6) is 0.619. The second-order valence-corrected chi connectivity index (χ2v) is 7.27. The highest BCUT2D eigenvalue weighted by Crippen LogP contribution is 2.26. The lowest BCUT2D eigenvalue weighted by Crippen LogP contribution is -2.31. The van der Waals surface area contributed by atoms with E-state index in [0.717, 1.165) is 5.76 Å². The van der Waals surface area contributed by atoms with Crippen molar-refractivity contribution in [2.24, 2.45) is 0 Å². The number of nitrogens with zero attached hydrogens (tertiary/aromatic N) is 2. The number of imide groups is 1. The molecule has 8 heteroatoms. The van der Waals surface area contributed by atoms with E-state index in [2.05, 4.69) is 10.3 Å². The molecular weight excluding hydrogens is 378 g/mol. The summed E-state index contributed by atoms with van der Waals surface area (Å²) in [5, 5.41) is 5.04. The Morgan fingerprint density at radius 3 is 2.50 bits per heavy atom. The van der Waals surface area contributed by atoms with Crippen LogP contribution in [0.1, 0.15) is 39.3 Å². The Morgan fingerprint density at radius 1 is 1.14 bits per heavy atom. The van der Waals surface area contributed by atoms with Crippen molar-refractivity contribution in [3.8, 4) is 11.5 Å². The molecule has 1 N–H and O–H groups in total. The Morgan fingerprint density at radius 2 is 1.86 bits per heavy atom. The average Bonchev–Trinajstić information content (AvgIpc) is 3.37. The summed E-state index contributed by atoms with van der Waals surface area (Å²) in [5.41, 5.74) is 1.50. The zero-order valence-electron chi connectivity index (χ0n) is 15.1. The van der Waals surface area contributed by atoms with E-state index in [1.165, 1.54) is 16.2 Å². The van der Waals surface area contributed by atoms with Gasteiger partial charge in [0.15, 0.2) is 10.9 Å². The Kier molecular flexibility index (Phi) is 4.79. The van der Waals surface area contributed by atoms with Crippen molar-refractivity contribution in [3.05, 3.63) is 58.7 Å². The van der Waals surface area contributed by atoms with E-state index < -0.39 is 0 Å². The van der Waals surface area contributed by atoms with Gasteiger partial charge in [-0.2, -0.15) is 0 Å². The Bertz CT molecular complexity index is 1030. The minimum atomic E-state index is -0.306. The summed E-state index contributed by atoms with van der Waals surface area (Å²) in [6, 6.07) is 10.4. The molecule has 0 aliphatic carbocycles. The van der Waals surface area contributed by atoms with Crippen molar-refractivity contribution in [1.29, 1.82) is 0 Å². The molecule has 1 aromatic carbocycles. The van der Waals surface area contributed by atoms with Gasteiger partial charge in [0.2, 0.25) is 5.91 Å². The fraction of sp³-hybridized carbons (Fsp3) is 0.200. The number of nitrogens with one attached hydrogen (secondary N) is 1. The first-order chi connectivity index (χ1) is 13.5. The smallest absolute Gasteiger partial charge is 0.261 e. The number of anilines is 1. The van der Waals surface area contributed by atoms with Gasteiger partial charge in [-0.3, -0.25) is 19.3 Å². The normalized spacial score (nSPS) is 13.1. The van der Waals surface area contributed by atoms with E-state index in [1.807, 2.05) is 24.4 Å². The maximum atomic E-state index is 12.3. The molecule has 142 valence electrons. The molecule has 0 atom stereocenters. The van der Waals surface area contributed by atoms with Gasteiger partial charge < -0.3 is 9.73 Å². The number of hydrogen-bond donors (Lipinski definition) is 1. The molecule has 1 aliphatic rings. The third-order valence-corrected chi connectivity index (χ3v) is 5.16. The van der Waals surface area contributed by atoms with Gasteiger partial charge >= 0.3 is 0 Å². The molecule has 28 heavy (non-hydrogen) atoms. The van der Waals surface area contributed by atoms with Gasteiger partial charge in [0, 0.05) is 18.3 Å². The van der Waals surface area contributed by atoms with E-state index >= 15 is 0 Å². The highest BCUT2D eigenvalue weighted by atomic mass is 32.1. The summed E-state index contributed by atoms with van der Waals surface area (Å²) in [7, 11) is 0. The van der Waals surface area contributed by atoms with Gasteiger partial charge in [-0.15, -0.1) is 11.3 Å². The van der Waals surface area contributed by atoms with Crippen LogP contribution in [0.25, 0.3) is 11.5 Å². The van der Waals surface area contributed by atoms with E-state index in [4.69, 9.17) is 4.42 Å². The summed E-state index contributed by atoms with van der Waals surface area (Å²) in [6.45, 7) is 2.06. The van der Waals surface area contributed by atoms with Crippen LogP contribution in [0.15, 0.2) is 46.2 Å². The van der Waals surface area contributed by atoms with Gasteiger partial charge in [-0.25, -0.2) is 4.98 Å². The standard InChI is InChI=1S/C20H17N3O4S/c1-12-8-9-16(27-12)15-11-28-20(21-15)22-17(24)7-4-10-23-18(25)13-5-2-3-6-14(13)19(23)26/h2-3,5-6,8-9,11H,4,7,10H2,1H3,(H,21,22,24). The van der Waals surface area contributed by atoms with Crippen LogP contribution in [0.4, 0.5) is 5.13 Å². The number of carbonyl (C=O) groups excluding carboxylic acids is 3.